The number of aryl methyl sites for hydroxylation is 1. The van der Waals surface area contributed by atoms with Crippen LogP contribution in [0.2, 0.25) is 0 Å². The zero-order chi connectivity index (χ0) is 15.6. The standard InChI is InChI=1S/C22H18N/c1-23-16-19-14-8-9-15-20(19)21(17-10-4-2-5-11-17)22(23)18-12-6-3-7-13-18/h2-16H,1H3/q+1. The van der Waals surface area contributed by atoms with E-state index >= 15 is 0 Å². The minimum absolute atomic E-state index is 1.24. The van der Waals surface area contributed by atoms with Crippen LogP contribution in [0.25, 0.3) is 33.2 Å². The fourth-order valence-corrected chi connectivity index (χ4v) is 3.26. The summed E-state index contributed by atoms with van der Waals surface area (Å²) in [4.78, 5) is 0. The maximum absolute atomic E-state index is 2.24. The second kappa shape index (κ2) is 5.69. The number of rotatable bonds is 2. The predicted octanol–water partition coefficient (Wildman–Crippen LogP) is 5.00. The van der Waals surface area contributed by atoms with E-state index in [0.29, 0.717) is 0 Å². The molecule has 0 aliphatic heterocycles. The van der Waals surface area contributed by atoms with Gasteiger partial charge in [0.1, 0.15) is 7.05 Å². The monoisotopic (exact) mass is 296 g/mol. The summed E-state index contributed by atoms with van der Waals surface area (Å²) < 4.78 is 2.24. The van der Waals surface area contributed by atoms with Crippen LogP contribution in [0.4, 0.5) is 0 Å². The van der Waals surface area contributed by atoms with Crippen molar-refractivity contribution >= 4 is 10.8 Å². The molecule has 23 heavy (non-hydrogen) atoms. The quantitative estimate of drug-likeness (QED) is 0.458. The summed E-state index contributed by atoms with van der Waals surface area (Å²) >= 11 is 0. The predicted molar refractivity (Wildman–Crippen MR) is 96.0 cm³/mol. The lowest BCUT2D eigenvalue weighted by Crippen LogP contribution is -2.31. The molecule has 0 saturated carbocycles. The summed E-state index contributed by atoms with van der Waals surface area (Å²) in [5.41, 5.74) is 5.02. The zero-order valence-corrected chi connectivity index (χ0v) is 13.1. The molecule has 0 N–H and O–H groups in total. The van der Waals surface area contributed by atoms with Crippen molar-refractivity contribution in [3.05, 3.63) is 91.1 Å². The normalized spacial score (nSPS) is 10.8. The van der Waals surface area contributed by atoms with E-state index in [2.05, 4.69) is 103 Å². The summed E-state index contributed by atoms with van der Waals surface area (Å²) in [5, 5.41) is 2.55. The third-order valence-electron chi connectivity index (χ3n) is 4.26. The number of hydrogen-bond donors (Lipinski definition) is 0. The maximum Gasteiger partial charge on any atom is 0.220 e. The molecule has 0 radical (unpaired) electrons. The van der Waals surface area contributed by atoms with Gasteiger partial charge in [0, 0.05) is 16.3 Å². The topological polar surface area (TPSA) is 3.88 Å². The van der Waals surface area contributed by atoms with E-state index in [1.807, 2.05) is 0 Å². The Hall–Kier alpha value is -2.93. The third-order valence-corrected chi connectivity index (χ3v) is 4.26. The van der Waals surface area contributed by atoms with Crippen molar-refractivity contribution in [3.8, 4) is 22.4 Å². The van der Waals surface area contributed by atoms with Gasteiger partial charge in [0.25, 0.3) is 0 Å². The average Bonchev–Trinajstić information content (AvgIpc) is 2.62. The average molecular weight is 296 g/mol. The van der Waals surface area contributed by atoms with Gasteiger partial charge in [-0.25, -0.2) is 0 Å². The maximum atomic E-state index is 2.24. The first-order valence-electron chi connectivity index (χ1n) is 7.87. The smallest absolute Gasteiger partial charge is 0.200 e. The first-order chi connectivity index (χ1) is 11.3. The van der Waals surface area contributed by atoms with Gasteiger partial charge in [0.05, 0.1) is 5.56 Å². The third kappa shape index (κ3) is 2.40. The molecular formula is C22H18N+. The van der Waals surface area contributed by atoms with Crippen LogP contribution in [0.1, 0.15) is 0 Å². The van der Waals surface area contributed by atoms with Gasteiger partial charge in [-0.3, -0.25) is 0 Å². The van der Waals surface area contributed by atoms with Crippen LogP contribution >= 0.6 is 0 Å². The molecule has 0 aliphatic carbocycles. The molecule has 0 fully saturated rings. The Morgan fingerprint density at radius 3 is 1.87 bits per heavy atom. The number of benzene rings is 3. The van der Waals surface area contributed by atoms with Crippen molar-refractivity contribution in [1.82, 2.24) is 0 Å². The molecule has 0 unspecified atom stereocenters. The summed E-state index contributed by atoms with van der Waals surface area (Å²) in [6.45, 7) is 0. The summed E-state index contributed by atoms with van der Waals surface area (Å²) in [6.07, 6.45) is 2.21. The van der Waals surface area contributed by atoms with E-state index in [1.165, 1.54) is 33.2 Å². The van der Waals surface area contributed by atoms with Crippen molar-refractivity contribution in [1.29, 1.82) is 0 Å². The summed E-state index contributed by atoms with van der Waals surface area (Å²) in [5.74, 6) is 0. The molecule has 110 valence electrons. The molecule has 3 aromatic carbocycles. The van der Waals surface area contributed by atoms with E-state index < -0.39 is 0 Å². The molecule has 1 heterocycles. The number of nitrogens with zero attached hydrogens (tertiary/aromatic N) is 1. The number of aromatic nitrogens is 1. The molecule has 0 saturated heterocycles. The SMILES string of the molecule is C[n+]1cc2ccccc2c(-c2ccccc2)c1-c1ccccc1. The number of hydrogen-bond acceptors (Lipinski definition) is 0. The molecule has 4 aromatic rings. The van der Waals surface area contributed by atoms with Gasteiger partial charge in [-0.2, -0.15) is 4.57 Å². The minimum atomic E-state index is 1.24. The molecule has 1 nitrogen and oxygen atoms in total. The highest BCUT2D eigenvalue weighted by Crippen LogP contribution is 2.35. The Morgan fingerprint density at radius 1 is 0.609 bits per heavy atom. The second-order valence-corrected chi connectivity index (χ2v) is 5.78. The van der Waals surface area contributed by atoms with Gasteiger partial charge in [0.2, 0.25) is 5.69 Å². The van der Waals surface area contributed by atoms with Crippen LogP contribution in [-0.4, -0.2) is 0 Å². The first-order valence-corrected chi connectivity index (χ1v) is 7.87. The Labute approximate surface area is 136 Å². The first kappa shape index (κ1) is 13.7. The highest BCUT2D eigenvalue weighted by atomic mass is 14.9. The molecule has 0 atom stereocenters. The van der Waals surface area contributed by atoms with E-state index in [-0.39, 0.29) is 0 Å². The minimum Gasteiger partial charge on any atom is -0.200 e. The second-order valence-electron chi connectivity index (χ2n) is 5.78. The van der Waals surface area contributed by atoms with Crippen molar-refractivity contribution < 1.29 is 4.57 Å². The van der Waals surface area contributed by atoms with Crippen LogP contribution in [0.15, 0.2) is 91.1 Å². The Kier molecular flexibility index (Phi) is 3.39. The van der Waals surface area contributed by atoms with Crippen molar-refractivity contribution in [2.24, 2.45) is 7.05 Å². The van der Waals surface area contributed by atoms with E-state index in [0.717, 1.165) is 0 Å². The molecule has 1 aromatic heterocycles. The highest BCUT2D eigenvalue weighted by molar-refractivity contribution is 6.01. The molecule has 0 aliphatic rings. The van der Waals surface area contributed by atoms with Crippen LogP contribution in [0.5, 0.6) is 0 Å². The van der Waals surface area contributed by atoms with Gasteiger partial charge in [-0.1, -0.05) is 66.7 Å². The van der Waals surface area contributed by atoms with Crippen molar-refractivity contribution in [3.63, 3.8) is 0 Å². The van der Waals surface area contributed by atoms with Gasteiger partial charge >= 0.3 is 0 Å². The molecule has 0 amide bonds. The van der Waals surface area contributed by atoms with Crippen LogP contribution in [-0.2, 0) is 7.05 Å². The molecular weight excluding hydrogens is 278 g/mol. The van der Waals surface area contributed by atoms with E-state index in [9.17, 15) is 0 Å². The van der Waals surface area contributed by atoms with Gasteiger partial charge in [0.15, 0.2) is 6.20 Å². The summed E-state index contributed by atoms with van der Waals surface area (Å²) in [6, 6.07) is 29.9. The van der Waals surface area contributed by atoms with Crippen LogP contribution < -0.4 is 4.57 Å². The van der Waals surface area contributed by atoms with Gasteiger partial charge in [-0.15, -0.1) is 0 Å². The van der Waals surface area contributed by atoms with E-state index in [1.54, 1.807) is 0 Å². The molecule has 0 spiro atoms. The Bertz CT molecular complexity index is 957. The zero-order valence-electron chi connectivity index (χ0n) is 13.1. The lowest BCUT2D eigenvalue weighted by molar-refractivity contribution is -0.658. The molecule has 1 heteroatoms. The van der Waals surface area contributed by atoms with Crippen molar-refractivity contribution in [2.75, 3.05) is 0 Å². The van der Waals surface area contributed by atoms with Gasteiger partial charge < -0.3 is 0 Å². The summed E-state index contributed by atoms with van der Waals surface area (Å²) in [7, 11) is 2.13. The largest absolute Gasteiger partial charge is 0.220 e. The van der Waals surface area contributed by atoms with Gasteiger partial charge in [-0.05, 0) is 23.8 Å². The fraction of sp³-hybridized carbons (Fsp3) is 0.0455. The number of fused-ring (bicyclic) bond motifs is 1. The fourth-order valence-electron chi connectivity index (χ4n) is 3.26. The Morgan fingerprint density at radius 2 is 1.17 bits per heavy atom. The Balaban J connectivity index is 2.15. The number of pyridine rings is 1. The molecule has 4 rings (SSSR count). The lowest BCUT2D eigenvalue weighted by Gasteiger charge is -2.11. The van der Waals surface area contributed by atoms with Crippen LogP contribution in [0.3, 0.4) is 0 Å². The lowest BCUT2D eigenvalue weighted by atomic mass is 9.94. The van der Waals surface area contributed by atoms with E-state index in [4.69, 9.17) is 0 Å². The van der Waals surface area contributed by atoms with Crippen LogP contribution in [0, 0.1) is 0 Å². The highest BCUT2D eigenvalue weighted by Gasteiger charge is 2.20. The van der Waals surface area contributed by atoms with Crippen molar-refractivity contribution in [2.45, 2.75) is 0 Å². The molecule has 0 bridgehead atoms.